The van der Waals surface area contributed by atoms with Gasteiger partial charge in [0, 0.05) is 13.7 Å². The SMILES string of the molecule is COCC1CCCN(Cc2nc3c(N)cccc3o2)C1. The topological polar surface area (TPSA) is 64.5 Å². The van der Waals surface area contributed by atoms with Crippen LogP contribution < -0.4 is 5.73 Å². The third-order valence-electron chi connectivity index (χ3n) is 3.86. The minimum Gasteiger partial charge on any atom is -0.439 e. The Bertz CT molecular complexity index is 580. The van der Waals surface area contributed by atoms with E-state index in [1.54, 1.807) is 7.11 Å². The average Bonchev–Trinajstić information content (AvgIpc) is 2.83. The van der Waals surface area contributed by atoms with Crippen LogP contribution in [0.1, 0.15) is 18.7 Å². The highest BCUT2D eigenvalue weighted by atomic mass is 16.5. The normalized spacial score (nSPS) is 20.6. The van der Waals surface area contributed by atoms with Crippen LogP contribution in [0.4, 0.5) is 5.69 Å². The van der Waals surface area contributed by atoms with Gasteiger partial charge >= 0.3 is 0 Å². The first-order valence-corrected chi connectivity index (χ1v) is 7.11. The van der Waals surface area contributed by atoms with Crippen LogP contribution >= 0.6 is 0 Å². The third-order valence-corrected chi connectivity index (χ3v) is 3.86. The van der Waals surface area contributed by atoms with E-state index < -0.39 is 0 Å². The van der Waals surface area contributed by atoms with Gasteiger partial charge in [0.2, 0.25) is 5.89 Å². The maximum Gasteiger partial charge on any atom is 0.209 e. The molecule has 1 atom stereocenters. The molecule has 0 amide bonds. The van der Waals surface area contributed by atoms with Crippen molar-refractivity contribution in [2.45, 2.75) is 19.4 Å². The van der Waals surface area contributed by atoms with Crippen molar-refractivity contribution in [3.05, 3.63) is 24.1 Å². The summed E-state index contributed by atoms with van der Waals surface area (Å²) in [5.74, 6) is 1.36. The average molecular weight is 275 g/mol. The molecule has 2 heterocycles. The largest absolute Gasteiger partial charge is 0.439 e. The number of para-hydroxylation sites is 1. The minimum absolute atomic E-state index is 0.614. The predicted octanol–water partition coefficient (Wildman–Crippen LogP) is 2.27. The molecule has 0 radical (unpaired) electrons. The second-order valence-electron chi connectivity index (χ2n) is 5.50. The van der Waals surface area contributed by atoms with Crippen molar-refractivity contribution < 1.29 is 9.15 Å². The fourth-order valence-corrected chi connectivity index (χ4v) is 2.94. The van der Waals surface area contributed by atoms with Crippen molar-refractivity contribution in [3.8, 4) is 0 Å². The maximum atomic E-state index is 5.91. The fourth-order valence-electron chi connectivity index (χ4n) is 2.94. The molecule has 1 unspecified atom stereocenters. The molecule has 3 rings (SSSR count). The zero-order valence-electron chi connectivity index (χ0n) is 11.8. The molecule has 1 aromatic carbocycles. The Balaban J connectivity index is 1.71. The number of benzene rings is 1. The van der Waals surface area contributed by atoms with Crippen molar-refractivity contribution in [3.63, 3.8) is 0 Å². The number of fused-ring (bicyclic) bond motifs is 1. The number of nitrogens with two attached hydrogens (primary N) is 1. The van der Waals surface area contributed by atoms with Crippen LogP contribution in [0, 0.1) is 5.92 Å². The highest BCUT2D eigenvalue weighted by molar-refractivity contribution is 5.85. The molecule has 5 nitrogen and oxygen atoms in total. The Kier molecular flexibility index (Phi) is 3.89. The van der Waals surface area contributed by atoms with Crippen molar-refractivity contribution in [1.29, 1.82) is 0 Å². The van der Waals surface area contributed by atoms with Crippen LogP contribution in [-0.2, 0) is 11.3 Å². The van der Waals surface area contributed by atoms with E-state index in [1.165, 1.54) is 12.8 Å². The molecule has 1 aliphatic heterocycles. The van der Waals surface area contributed by atoms with E-state index in [4.69, 9.17) is 14.9 Å². The fraction of sp³-hybridized carbons (Fsp3) is 0.533. The number of nitrogen functional groups attached to an aromatic ring is 1. The van der Waals surface area contributed by atoms with Gasteiger partial charge in [-0.1, -0.05) is 6.07 Å². The van der Waals surface area contributed by atoms with Crippen LogP contribution in [-0.4, -0.2) is 36.7 Å². The third kappa shape index (κ3) is 2.78. The number of hydrogen-bond donors (Lipinski definition) is 1. The number of aromatic nitrogens is 1. The van der Waals surface area contributed by atoms with Gasteiger partial charge in [0.05, 0.1) is 18.8 Å². The summed E-state index contributed by atoms with van der Waals surface area (Å²) >= 11 is 0. The van der Waals surface area contributed by atoms with Crippen molar-refractivity contribution in [2.24, 2.45) is 5.92 Å². The molecule has 1 saturated heterocycles. The second kappa shape index (κ2) is 5.81. The summed E-state index contributed by atoms with van der Waals surface area (Å²) in [4.78, 5) is 6.90. The zero-order chi connectivity index (χ0) is 13.9. The summed E-state index contributed by atoms with van der Waals surface area (Å²) in [5.41, 5.74) is 8.13. The molecule has 1 aromatic heterocycles. The Hall–Kier alpha value is -1.59. The molecule has 20 heavy (non-hydrogen) atoms. The number of oxazole rings is 1. The zero-order valence-corrected chi connectivity index (χ0v) is 11.8. The van der Waals surface area contributed by atoms with Gasteiger partial charge in [-0.15, -0.1) is 0 Å². The minimum atomic E-state index is 0.614. The van der Waals surface area contributed by atoms with Crippen LogP contribution in [0.2, 0.25) is 0 Å². The molecule has 0 spiro atoms. The quantitative estimate of drug-likeness (QED) is 0.867. The van der Waals surface area contributed by atoms with Crippen molar-refractivity contribution >= 4 is 16.8 Å². The number of rotatable bonds is 4. The Morgan fingerprint density at radius 2 is 2.40 bits per heavy atom. The molecular formula is C15H21N3O2. The summed E-state index contributed by atoms with van der Waals surface area (Å²) < 4.78 is 11.0. The number of methoxy groups -OCH3 is 1. The number of anilines is 1. The Labute approximate surface area is 118 Å². The van der Waals surface area contributed by atoms with Gasteiger partial charge in [-0.3, -0.25) is 4.90 Å². The van der Waals surface area contributed by atoms with Crippen LogP contribution in [0.5, 0.6) is 0 Å². The summed E-state index contributed by atoms with van der Waals surface area (Å²) in [7, 11) is 1.77. The molecule has 108 valence electrons. The van der Waals surface area contributed by atoms with Gasteiger partial charge < -0.3 is 14.9 Å². The molecule has 0 bridgehead atoms. The standard InChI is InChI=1S/C15H21N3O2/c1-19-10-11-4-3-7-18(8-11)9-14-17-15-12(16)5-2-6-13(15)20-14/h2,5-6,11H,3-4,7-10,16H2,1H3. The highest BCUT2D eigenvalue weighted by Crippen LogP contribution is 2.23. The molecule has 0 aliphatic carbocycles. The van der Waals surface area contributed by atoms with E-state index in [1.807, 2.05) is 18.2 Å². The molecule has 0 saturated carbocycles. The smallest absolute Gasteiger partial charge is 0.209 e. The highest BCUT2D eigenvalue weighted by Gasteiger charge is 2.21. The molecule has 1 fully saturated rings. The lowest BCUT2D eigenvalue weighted by Gasteiger charge is -2.31. The second-order valence-corrected chi connectivity index (χ2v) is 5.50. The number of hydrogen-bond acceptors (Lipinski definition) is 5. The van der Waals surface area contributed by atoms with Crippen LogP contribution in [0.25, 0.3) is 11.1 Å². The van der Waals surface area contributed by atoms with Gasteiger partial charge in [0.25, 0.3) is 0 Å². The summed E-state index contributed by atoms with van der Waals surface area (Å²) in [6.45, 7) is 3.71. The first-order chi connectivity index (χ1) is 9.76. The summed E-state index contributed by atoms with van der Waals surface area (Å²) in [6, 6.07) is 5.65. The molecular weight excluding hydrogens is 254 g/mol. The monoisotopic (exact) mass is 275 g/mol. The summed E-state index contributed by atoms with van der Waals surface area (Å²) in [5, 5.41) is 0. The molecule has 2 N–H and O–H groups in total. The van der Waals surface area contributed by atoms with Gasteiger partial charge in [-0.2, -0.15) is 0 Å². The van der Waals surface area contributed by atoms with E-state index in [0.717, 1.165) is 43.2 Å². The van der Waals surface area contributed by atoms with Crippen molar-refractivity contribution in [1.82, 2.24) is 9.88 Å². The van der Waals surface area contributed by atoms with E-state index in [-0.39, 0.29) is 0 Å². The van der Waals surface area contributed by atoms with Gasteiger partial charge in [0.15, 0.2) is 5.58 Å². The van der Waals surface area contributed by atoms with Crippen molar-refractivity contribution in [2.75, 3.05) is 32.5 Å². The first-order valence-electron chi connectivity index (χ1n) is 7.11. The summed E-state index contributed by atoms with van der Waals surface area (Å²) in [6.07, 6.45) is 2.45. The van der Waals surface area contributed by atoms with E-state index in [9.17, 15) is 0 Å². The number of likely N-dealkylation sites (tertiary alicyclic amines) is 1. The van der Waals surface area contributed by atoms with Crippen LogP contribution in [0.15, 0.2) is 22.6 Å². The van der Waals surface area contributed by atoms with E-state index >= 15 is 0 Å². The lowest BCUT2D eigenvalue weighted by atomic mass is 9.99. The number of nitrogens with zero attached hydrogens (tertiary/aromatic N) is 2. The molecule has 1 aliphatic rings. The van der Waals surface area contributed by atoms with Gasteiger partial charge in [0.1, 0.15) is 5.52 Å². The van der Waals surface area contributed by atoms with E-state index in [0.29, 0.717) is 11.6 Å². The lowest BCUT2D eigenvalue weighted by molar-refractivity contribution is 0.0835. The van der Waals surface area contributed by atoms with Gasteiger partial charge in [-0.05, 0) is 37.4 Å². The Morgan fingerprint density at radius 3 is 3.20 bits per heavy atom. The first kappa shape index (κ1) is 13.4. The van der Waals surface area contributed by atoms with Gasteiger partial charge in [-0.25, -0.2) is 4.98 Å². The number of ether oxygens (including phenoxy) is 1. The molecule has 2 aromatic rings. The Morgan fingerprint density at radius 1 is 1.50 bits per heavy atom. The number of piperidine rings is 1. The van der Waals surface area contributed by atoms with Crippen LogP contribution in [0.3, 0.4) is 0 Å². The lowest BCUT2D eigenvalue weighted by Crippen LogP contribution is -2.36. The van der Waals surface area contributed by atoms with E-state index in [2.05, 4.69) is 9.88 Å². The molecule has 5 heteroatoms. The predicted molar refractivity (Wildman–Crippen MR) is 78.3 cm³/mol. The maximum absolute atomic E-state index is 5.91.